The Morgan fingerprint density at radius 1 is 1.56 bits per heavy atom. The molecule has 0 aliphatic heterocycles. The van der Waals surface area contributed by atoms with Gasteiger partial charge in [0.1, 0.15) is 5.75 Å². The summed E-state index contributed by atoms with van der Waals surface area (Å²) in [5.41, 5.74) is 2.52. The molecule has 0 amide bonds. The second-order valence-corrected chi connectivity index (χ2v) is 4.78. The lowest BCUT2D eigenvalue weighted by atomic mass is 9.87. The van der Waals surface area contributed by atoms with Crippen LogP contribution in [0.2, 0.25) is 0 Å². The minimum Gasteiger partial charge on any atom is -0.497 e. The molecule has 1 N–H and O–H groups in total. The predicted octanol–water partition coefficient (Wildman–Crippen LogP) is 2.09. The highest BCUT2D eigenvalue weighted by molar-refractivity contribution is 5.69. The predicted molar refractivity (Wildman–Crippen MR) is 68.9 cm³/mol. The molecule has 0 spiro atoms. The Balaban J connectivity index is 2.24. The van der Waals surface area contributed by atoms with Crippen LogP contribution in [0.15, 0.2) is 18.2 Å². The van der Waals surface area contributed by atoms with Gasteiger partial charge in [0, 0.05) is 6.04 Å². The summed E-state index contributed by atoms with van der Waals surface area (Å²) < 4.78 is 5.23. The van der Waals surface area contributed by atoms with Gasteiger partial charge < -0.3 is 9.84 Å². The number of benzene rings is 1. The van der Waals surface area contributed by atoms with E-state index in [0.29, 0.717) is 0 Å². The third-order valence-electron chi connectivity index (χ3n) is 3.55. The molecule has 0 fully saturated rings. The van der Waals surface area contributed by atoms with E-state index in [1.807, 2.05) is 18.0 Å². The van der Waals surface area contributed by atoms with Gasteiger partial charge in [-0.15, -0.1) is 0 Å². The highest BCUT2D eigenvalue weighted by atomic mass is 16.5. The van der Waals surface area contributed by atoms with Crippen molar-refractivity contribution in [2.75, 3.05) is 20.7 Å². The Labute approximate surface area is 107 Å². The van der Waals surface area contributed by atoms with Crippen molar-refractivity contribution < 1.29 is 14.6 Å². The molecule has 18 heavy (non-hydrogen) atoms. The van der Waals surface area contributed by atoms with Crippen LogP contribution in [0.5, 0.6) is 5.75 Å². The maximum absolute atomic E-state index is 10.8. The van der Waals surface area contributed by atoms with E-state index in [1.165, 1.54) is 11.1 Å². The number of nitrogens with zero attached hydrogens (tertiary/aromatic N) is 1. The van der Waals surface area contributed by atoms with Gasteiger partial charge in [-0.2, -0.15) is 0 Å². The van der Waals surface area contributed by atoms with Gasteiger partial charge in [0.15, 0.2) is 0 Å². The smallest absolute Gasteiger partial charge is 0.317 e. The van der Waals surface area contributed by atoms with Crippen molar-refractivity contribution in [2.45, 2.75) is 25.3 Å². The zero-order valence-corrected chi connectivity index (χ0v) is 10.8. The molecule has 0 saturated carbocycles. The Kier molecular flexibility index (Phi) is 3.87. The van der Waals surface area contributed by atoms with Crippen LogP contribution < -0.4 is 4.74 Å². The monoisotopic (exact) mass is 249 g/mol. The number of fused-ring (bicyclic) bond motifs is 1. The van der Waals surface area contributed by atoms with E-state index in [9.17, 15) is 4.79 Å². The minimum absolute atomic E-state index is 0.0795. The lowest BCUT2D eigenvalue weighted by molar-refractivity contribution is -0.138. The van der Waals surface area contributed by atoms with Crippen LogP contribution in [0.3, 0.4) is 0 Å². The average Bonchev–Trinajstić information content (AvgIpc) is 2.36. The maximum atomic E-state index is 10.8. The summed E-state index contributed by atoms with van der Waals surface area (Å²) in [7, 11) is 3.54. The number of carboxylic acids is 1. The van der Waals surface area contributed by atoms with Crippen LogP contribution in [0, 0.1) is 0 Å². The van der Waals surface area contributed by atoms with E-state index < -0.39 is 5.97 Å². The standard InChI is InChI=1S/C14H19NO3/c1-15(9-14(16)17)13-5-3-4-10-8-11(18-2)6-7-12(10)13/h6-8,13H,3-5,9H2,1-2H3,(H,16,17). The summed E-state index contributed by atoms with van der Waals surface area (Å²) >= 11 is 0. The third kappa shape index (κ3) is 2.64. The summed E-state index contributed by atoms with van der Waals surface area (Å²) in [6, 6.07) is 6.29. The van der Waals surface area contributed by atoms with E-state index in [-0.39, 0.29) is 12.6 Å². The first kappa shape index (κ1) is 12.9. The van der Waals surface area contributed by atoms with E-state index in [1.54, 1.807) is 7.11 Å². The van der Waals surface area contributed by atoms with Crippen molar-refractivity contribution in [3.63, 3.8) is 0 Å². The molecule has 2 rings (SSSR count). The Morgan fingerprint density at radius 3 is 3.00 bits per heavy atom. The SMILES string of the molecule is COc1ccc2c(c1)CCCC2N(C)CC(=O)O. The molecule has 1 aromatic rings. The average molecular weight is 249 g/mol. The van der Waals surface area contributed by atoms with E-state index >= 15 is 0 Å². The summed E-state index contributed by atoms with van der Waals surface area (Å²) in [6.07, 6.45) is 3.15. The van der Waals surface area contributed by atoms with Crippen LogP contribution in [-0.2, 0) is 11.2 Å². The van der Waals surface area contributed by atoms with Gasteiger partial charge in [0.2, 0.25) is 0 Å². The molecule has 1 aromatic carbocycles. The molecule has 0 heterocycles. The fourth-order valence-corrected chi connectivity index (χ4v) is 2.67. The largest absolute Gasteiger partial charge is 0.497 e. The Morgan fingerprint density at radius 2 is 2.33 bits per heavy atom. The van der Waals surface area contributed by atoms with Gasteiger partial charge in [-0.05, 0) is 49.6 Å². The molecular weight excluding hydrogens is 230 g/mol. The first-order valence-corrected chi connectivity index (χ1v) is 6.20. The van der Waals surface area contributed by atoms with Gasteiger partial charge in [-0.1, -0.05) is 6.07 Å². The van der Waals surface area contributed by atoms with Crippen LogP contribution in [0.25, 0.3) is 0 Å². The van der Waals surface area contributed by atoms with Crippen molar-refractivity contribution in [3.05, 3.63) is 29.3 Å². The molecule has 0 bridgehead atoms. The number of ether oxygens (including phenoxy) is 1. The molecule has 4 nitrogen and oxygen atoms in total. The lowest BCUT2D eigenvalue weighted by Crippen LogP contribution is -2.32. The zero-order chi connectivity index (χ0) is 13.1. The molecule has 4 heteroatoms. The molecule has 1 unspecified atom stereocenters. The lowest BCUT2D eigenvalue weighted by Gasteiger charge is -2.32. The fraction of sp³-hybridized carbons (Fsp3) is 0.500. The van der Waals surface area contributed by atoms with Crippen LogP contribution >= 0.6 is 0 Å². The number of methoxy groups -OCH3 is 1. The van der Waals surface area contributed by atoms with Gasteiger partial charge in [0.05, 0.1) is 13.7 Å². The van der Waals surface area contributed by atoms with E-state index in [4.69, 9.17) is 9.84 Å². The van der Waals surface area contributed by atoms with Crippen LogP contribution in [0.4, 0.5) is 0 Å². The Bertz CT molecular complexity index is 445. The van der Waals surface area contributed by atoms with Crippen molar-refractivity contribution in [1.82, 2.24) is 4.90 Å². The fourth-order valence-electron chi connectivity index (χ4n) is 2.67. The summed E-state index contributed by atoms with van der Waals surface area (Å²) in [4.78, 5) is 12.7. The molecule has 0 aromatic heterocycles. The molecule has 98 valence electrons. The normalized spacial score (nSPS) is 18.5. The highest BCUT2D eigenvalue weighted by Gasteiger charge is 2.25. The Hall–Kier alpha value is -1.55. The summed E-state index contributed by atoms with van der Waals surface area (Å²) in [6.45, 7) is 0.0795. The minimum atomic E-state index is -0.780. The first-order chi connectivity index (χ1) is 8.61. The number of likely N-dealkylation sites (N-methyl/N-ethyl adjacent to an activating group) is 1. The quantitative estimate of drug-likeness (QED) is 0.887. The first-order valence-electron chi connectivity index (χ1n) is 6.20. The number of carbonyl (C=O) groups is 1. The second-order valence-electron chi connectivity index (χ2n) is 4.78. The topological polar surface area (TPSA) is 49.8 Å². The van der Waals surface area contributed by atoms with Crippen LogP contribution in [-0.4, -0.2) is 36.7 Å². The molecule has 1 aliphatic carbocycles. The van der Waals surface area contributed by atoms with Gasteiger partial charge in [-0.3, -0.25) is 9.69 Å². The number of aliphatic carboxylic acids is 1. The van der Waals surface area contributed by atoms with Crippen molar-refractivity contribution >= 4 is 5.97 Å². The second kappa shape index (κ2) is 5.40. The number of aryl methyl sites for hydroxylation is 1. The third-order valence-corrected chi connectivity index (χ3v) is 3.55. The van der Waals surface area contributed by atoms with E-state index in [2.05, 4.69) is 12.1 Å². The highest BCUT2D eigenvalue weighted by Crippen LogP contribution is 2.35. The molecule has 0 saturated heterocycles. The maximum Gasteiger partial charge on any atom is 0.317 e. The molecular formula is C14H19NO3. The van der Waals surface area contributed by atoms with Crippen molar-refractivity contribution in [2.24, 2.45) is 0 Å². The van der Waals surface area contributed by atoms with Gasteiger partial charge in [-0.25, -0.2) is 0 Å². The van der Waals surface area contributed by atoms with Crippen LogP contribution in [0.1, 0.15) is 30.0 Å². The van der Waals surface area contributed by atoms with Crippen molar-refractivity contribution in [1.29, 1.82) is 0 Å². The van der Waals surface area contributed by atoms with Crippen molar-refractivity contribution in [3.8, 4) is 5.75 Å². The molecule has 1 aliphatic rings. The molecule has 1 atom stereocenters. The van der Waals surface area contributed by atoms with Gasteiger partial charge >= 0.3 is 5.97 Å². The molecule has 0 radical (unpaired) electrons. The summed E-state index contributed by atoms with van der Waals surface area (Å²) in [5, 5.41) is 8.88. The zero-order valence-electron chi connectivity index (χ0n) is 10.8. The number of rotatable bonds is 4. The number of hydrogen-bond donors (Lipinski definition) is 1. The van der Waals surface area contributed by atoms with Gasteiger partial charge in [0.25, 0.3) is 0 Å². The van der Waals surface area contributed by atoms with E-state index in [0.717, 1.165) is 25.0 Å². The number of carboxylic acid groups (broad SMARTS) is 1. The number of hydrogen-bond acceptors (Lipinski definition) is 3. The summed E-state index contributed by atoms with van der Waals surface area (Å²) in [5.74, 6) is 0.0911.